The van der Waals surface area contributed by atoms with Crippen LogP contribution in [-0.4, -0.2) is 49.5 Å². The van der Waals surface area contributed by atoms with Crippen molar-refractivity contribution in [2.45, 2.75) is 26.4 Å². The summed E-state index contributed by atoms with van der Waals surface area (Å²) >= 11 is 1.59. The van der Waals surface area contributed by atoms with Crippen LogP contribution in [0.3, 0.4) is 0 Å². The molecule has 0 fully saturated rings. The molecule has 2 aromatic rings. The van der Waals surface area contributed by atoms with Crippen LogP contribution in [0.1, 0.15) is 29.2 Å². The average Bonchev–Trinajstić information content (AvgIpc) is 3.07. The summed E-state index contributed by atoms with van der Waals surface area (Å²) in [6.07, 6.45) is 1.54. The molecule has 0 spiro atoms. The van der Waals surface area contributed by atoms with E-state index in [1.807, 2.05) is 17.5 Å². The van der Waals surface area contributed by atoms with Crippen molar-refractivity contribution >= 4 is 23.2 Å². The Morgan fingerprint density at radius 2 is 2.24 bits per heavy atom. The summed E-state index contributed by atoms with van der Waals surface area (Å²) in [6.45, 7) is 3.71. The van der Waals surface area contributed by atoms with Gasteiger partial charge >= 0.3 is 5.97 Å². The predicted molar refractivity (Wildman–Crippen MR) is 77.3 cm³/mol. The molecule has 112 valence electrons. The number of carboxylic acids is 1. The van der Waals surface area contributed by atoms with Crippen LogP contribution >= 0.6 is 11.3 Å². The van der Waals surface area contributed by atoms with E-state index >= 15 is 0 Å². The third-order valence-electron chi connectivity index (χ3n) is 2.85. The van der Waals surface area contributed by atoms with Gasteiger partial charge in [-0.25, -0.2) is 4.68 Å². The minimum absolute atomic E-state index is 0.154. The summed E-state index contributed by atoms with van der Waals surface area (Å²) in [7, 11) is 0. The van der Waals surface area contributed by atoms with E-state index in [1.165, 1.54) is 4.90 Å². The number of carbonyl (C=O) groups is 2. The lowest BCUT2D eigenvalue weighted by Crippen LogP contribution is -2.40. The van der Waals surface area contributed by atoms with Gasteiger partial charge in [0.05, 0.1) is 12.7 Å². The van der Waals surface area contributed by atoms with Crippen LogP contribution in [0.15, 0.2) is 23.7 Å². The van der Waals surface area contributed by atoms with E-state index in [1.54, 1.807) is 36.1 Å². The molecule has 21 heavy (non-hydrogen) atoms. The molecule has 2 heterocycles. The zero-order valence-corrected chi connectivity index (χ0v) is 12.6. The summed E-state index contributed by atoms with van der Waals surface area (Å²) in [6, 6.07) is 3.69. The van der Waals surface area contributed by atoms with Gasteiger partial charge in [-0.15, -0.1) is 16.4 Å². The van der Waals surface area contributed by atoms with E-state index in [0.717, 1.165) is 4.88 Å². The molecule has 0 aromatic carbocycles. The Balaban J connectivity index is 2.11. The highest BCUT2D eigenvalue weighted by Crippen LogP contribution is 2.11. The van der Waals surface area contributed by atoms with E-state index < -0.39 is 11.9 Å². The third kappa shape index (κ3) is 3.88. The highest BCUT2D eigenvalue weighted by molar-refractivity contribution is 7.09. The van der Waals surface area contributed by atoms with Gasteiger partial charge in [-0.1, -0.05) is 11.3 Å². The van der Waals surface area contributed by atoms with Crippen LogP contribution in [0, 0.1) is 0 Å². The monoisotopic (exact) mass is 308 g/mol. The molecular weight excluding hydrogens is 292 g/mol. The van der Waals surface area contributed by atoms with Gasteiger partial charge in [0.2, 0.25) is 0 Å². The quantitative estimate of drug-likeness (QED) is 0.869. The molecule has 0 aliphatic heterocycles. The highest BCUT2D eigenvalue weighted by atomic mass is 32.1. The average molecular weight is 308 g/mol. The molecule has 8 heteroatoms. The van der Waals surface area contributed by atoms with Crippen molar-refractivity contribution in [2.75, 3.05) is 6.54 Å². The largest absolute Gasteiger partial charge is 0.480 e. The van der Waals surface area contributed by atoms with Gasteiger partial charge in [-0.3, -0.25) is 9.59 Å². The van der Waals surface area contributed by atoms with Crippen molar-refractivity contribution in [3.05, 3.63) is 34.3 Å². The molecule has 1 amide bonds. The summed E-state index contributed by atoms with van der Waals surface area (Å²) in [4.78, 5) is 25.5. The first-order valence-electron chi connectivity index (χ1n) is 6.42. The number of carboxylic acid groups (broad SMARTS) is 1. The lowest BCUT2D eigenvalue weighted by atomic mass is 10.3. The molecule has 0 saturated heterocycles. The Kier molecular flexibility index (Phi) is 4.69. The number of aliphatic carboxylic acids is 1. The molecule has 0 bridgehead atoms. The van der Waals surface area contributed by atoms with Crippen LogP contribution in [0.5, 0.6) is 0 Å². The number of thiophene rings is 1. The van der Waals surface area contributed by atoms with Crippen LogP contribution in [0.25, 0.3) is 0 Å². The smallest absolute Gasteiger partial charge is 0.323 e. The van der Waals surface area contributed by atoms with Gasteiger partial charge < -0.3 is 10.0 Å². The van der Waals surface area contributed by atoms with Crippen molar-refractivity contribution in [1.29, 1.82) is 0 Å². The number of hydrogen-bond donors (Lipinski definition) is 1. The van der Waals surface area contributed by atoms with Gasteiger partial charge in [0, 0.05) is 10.9 Å². The maximum atomic E-state index is 12.3. The summed E-state index contributed by atoms with van der Waals surface area (Å²) in [5.41, 5.74) is 0.154. The molecule has 0 radical (unpaired) electrons. The summed E-state index contributed by atoms with van der Waals surface area (Å²) in [5, 5.41) is 18.6. The van der Waals surface area contributed by atoms with Gasteiger partial charge in [0.15, 0.2) is 5.69 Å². The first-order chi connectivity index (χ1) is 9.97. The molecule has 0 atom stereocenters. The third-order valence-corrected chi connectivity index (χ3v) is 3.71. The maximum absolute atomic E-state index is 12.3. The number of hydrogen-bond acceptors (Lipinski definition) is 5. The number of nitrogens with zero attached hydrogens (tertiary/aromatic N) is 4. The minimum Gasteiger partial charge on any atom is -0.480 e. The Morgan fingerprint density at radius 3 is 2.81 bits per heavy atom. The van der Waals surface area contributed by atoms with Crippen LogP contribution in [0.4, 0.5) is 0 Å². The van der Waals surface area contributed by atoms with E-state index in [0.29, 0.717) is 6.54 Å². The normalized spacial score (nSPS) is 10.8. The van der Waals surface area contributed by atoms with Crippen LogP contribution in [-0.2, 0) is 11.3 Å². The molecule has 7 nitrogen and oxygen atoms in total. The SMILES string of the molecule is CC(C)N(CC(=O)O)C(=O)c1cn(Cc2cccs2)nn1. The predicted octanol–water partition coefficient (Wildman–Crippen LogP) is 1.32. The van der Waals surface area contributed by atoms with Crippen LogP contribution < -0.4 is 0 Å². The van der Waals surface area contributed by atoms with E-state index in [-0.39, 0.29) is 18.3 Å². The fourth-order valence-corrected chi connectivity index (χ4v) is 2.51. The Labute approximate surface area is 125 Å². The lowest BCUT2D eigenvalue weighted by molar-refractivity contribution is -0.138. The Bertz CT molecular complexity index is 621. The molecule has 0 aliphatic rings. The van der Waals surface area contributed by atoms with E-state index in [9.17, 15) is 9.59 Å². The first kappa shape index (κ1) is 15.2. The molecule has 0 aliphatic carbocycles. The molecular formula is C13H16N4O3S. The lowest BCUT2D eigenvalue weighted by Gasteiger charge is -2.23. The molecule has 2 aromatic heterocycles. The van der Waals surface area contributed by atoms with E-state index in [4.69, 9.17) is 5.11 Å². The second kappa shape index (κ2) is 6.49. The molecule has 2 rings (SSSR count). The van der Waals surface area contributed by atoms with Crippen molar-refractivity contribution in [1.82, 2.24) is 19.9 Å². The number of amides is 1. The topological polar surface area (TPSA) is 88.3 Å². The second-order valence-corrected chi connectivity index (χ2v) is 5.83. The Morgan fingerprint density at radius 1 is 1.48 bits per heavy atom. The molecule has 0 saturated carbocycles. The fourth-order valence-electron chi connectivity index (χ4n) is 1.82. The van der Waals surface area contributed by atoms with E-state index in [2.05, 4.69) is 10.3 Å². The maximum Gasteiger partial charge on any atom is 0.323 e. The zero-order valence-electron chi connectivity index (χ0n) is 11.8. The van der Waals surface area contributed by atoms with Gasteiger partial charge in [-0.2, -0.15) is 0 Å². The van der Waals surface area contributed by atoms with Crippen molar-refractivity contribution in [3.63, 3.8) is 0 Å². The fraction of sp³-hybridized carbons (Fsp3) is 0.385. The Hall–Kier alpha value is -2.22. The molecule has 1 N–H and O–H groups in total. The van der Waals surface area contributed by atoms with Crippen molar-refractivity contribution in [2.24, 2.45) is 0 Å². The second-order valence-electron chi connectivity index (χ2n) is 4.80. The first-order valence-corrected chi connectivity index (χ1v) is 7.30. The van der Waals surface area contributed by atoms with Crippen LogP contribution in [0.2, 0.25) is 0 Å². The summed E-state index contributed by atoms with van der Waals surface area (Å²) in [5.74, 6) is -1.48. The van der Waals surface area contributed by atoms with Crippen molar-refractivity contribution < 1.29 is 14.7 Å². The van der Waals surface area contributed by atoms with Gasteiger partial charge in [-0.05, 0) is 25.3 Å². The standard InChI is InChI=1S/C13H16N4O3S/c1-9(2)17(8-12(18)19)13(20)11-7-16(15-14-11)6-10-4-3-5-21-10/h3-5,7,9H,6,8H2,1-2H3,(H,18,19). The highest BCUT2D eigenvalue weighted by Gasteiger charge is 2.23. The van der Waals surface area contributed by atoms with Crippen molar-refractivity contribution in [3.8, 4) is 0 Å². The number of aromatic nitrogens is 3. The van der Waals surface area contributed by atoms with Gasteiger partial charge in [0.25, 0.3) is 5.91 Å². The zero-order chi connectivity index (χ0) is 15.4. The number of rotatable bonds is 6. The number of carbonyl (C=O) groups excluding carboxylic acids is 1. The summed E-state index contributed by atoms with van der Waals surface area (Å²) < 4.78 is 1.57. The minimum atomic E-state index is -1.05. The molecule has 0 unspecified atom stereocenters. The van der Waals surface area contributed by atoms with Gasteiger partial charge in [0.1, 0.15) is 6.54 Å².